The molecule has 1 rings (SSSR count). The molecule has 1 aliphatic heterocycles. The van der Waals surface area contributed by atoms with E-state index in [0.29, 0.717) is 13.0 Å². The second kappa shape index (κ2) is 16.5. The quantitative estimate of drug-likeness (QED) is 0.235. The second-order valence-corrected chi connectivity index (χ2v) is 9.60. The normalized spacial score (nSPS) is 20.9. The maximum Gasteiger partial charge on any atom is 0.402 e. The van der Waals surface area contributed by atoms with Gasteiger partial charge in [-0.1, -0.05) is 84.0 Å². The summed E-state index contributed by atoms with van der Waals surface area (Å²) in [5.74, 6) is 0. The van der Waals surface area contributed by atoms with Gasteiger partial charge in [-0.3, -0.25) is 4.18 Å². The van der Waals surface area contributed by atoms with Gasteiger partial charge >= 0.3 is 10.4 Å². The third-order valence-corrected chi connectivity index (χ3v) is 6.39. The first-order valence-electron chi connectivity index (χ1n) is 11.7. The Kier molecular flexibility index (Phi) is 15.2. The second-order valence-electron chi connectivity index (χ2n) is 8.26. The van der Waals surface area contributed by atoms with E-state index in [4.69, 9.17) is 13.7 Å². The maximum atomic E-state index is 11.3. The summed E-state index contributed by atoms with van der Waals surface area (Å²) in [6.45, 7) is 4.84. The van der Waals surface area contributed by atoms with Crippen molar-refractivity contribution in [3.05, 3.63) is 0 Å². The summed E-state index contributed by atoms with van der Waals surface area (Å²) in [5, 5.41) is 0. The van der Waals surface area contributed by atoms with E-state index in [9.17, 15) is 8.42 Å². The van der Waals surface area contributed by atoms with Crippen molar-refractivity contribution in [1.82, 2.24) is 0 Å². The lowest BCUT2D eigenvalue weighted by molar-refractivity contribution is -0.103. The summed E-state index contributed by atoms with van der Waals surface area (Å²) in [4.78, 5) is 0. The minimum atomic E-state index is -3.95. The summed E-state index contributed by atoms with van der Waals surface area (Å²) in [6, 6.07) is 0. The van der Waals surface area contributed by atoms with Gasteiger partial charge in [-0.25, -0.2) is 4.18 Å². The molecule has 0 bridgehead atoms. The zero-order chi connectivity index (χ0) is 21.4. The van der Waals surface area contributed by atoms with Gasteiger partial charge in [-0.15, -0.1) is 0 Å². The van der Waals surface area contributed by atoms with Crippen molar-refractivity contribution in [3.8, 4) is 0 Å². The van der Waals surface area contributed by atoms with Crippen molar-refractivity contribution in [3.63, 3.8) is 0 Å². The van der Waals surface area contributed by atoms with Gasteiger partial charge in [0.2, 0.25) is 0 Å². The first-order valence-corrected chi connectivity index (χ1v) is 13.1. The van der Waals surface area contributed by atoms with Crippen LogP contribution < -0.4 is 0 Å². The van der Waals surface area contributed by atoms with E-state index < -0.39 is 16.7 Å². The molecule has 0 amide bonds. The van der Waals surface area contributed by atoms with E-state index in [-0.39, 0.29) is 12.2 Å². The predicted octanol–water partition coefficient (Wildman–Crippen LogP) is 5.90. The molecule has 1 saturated heterocycles. The van der Waals surface area contributed by atoms with Crippen LogP contribution in [0.5, 0.6) is 0 Å². The minimum Gasteiger partial charge on any atom is -0.376 e. The molecule has 174 valence electrons. The number of hydrogen-bond acceptors (Lipinski definition) is 6. The molecule has 0 aliphatic carbocycles. The molecule has 29 heavy (non-hydrogen) atoms. The van der Waals surface area contributed by atoms with Crippen LogP contribution in [-0.2, 0) is 28.2 Å². The van der Waals surface area contributed by atoms with Gasteiger partial charge < -0.3 is 9.47 Å². The Morgan fingerprint density at radius 2 is 1.45 bits per heavy atom. The summed E-state index contributed by atoms with van der Waals surface area (Å²) in [5.41, 5.74) is 0. The lowest BCUT2D eigenvalue weighted by Crippen LogP contribution is -2.23. The number of hydrogen-bond donors (Lipinski definition) is 0. The monoisotopic (exact) mass is 436 g/mol. The summed E-state index contributed by atoms with van der Waals surface area (Å²) in [7, 11) is -2.88. The molecule has 0 spiro atoms. The summed E-state index contributed by atoms with van der Waals surface area (Å²) < 4.78 is 43.0. The zero-order valence-electron chi connectivity index (χ0n) is 18.9. The fourth-order valence-electron chi connectivity index (χ4n) is 3.66. The van der Waals surface area contributed by atoms with Crippen LogP contribution in [0.4, 0.5) is 0 Å². The SMILES string of the molecule is CCCCCCCCCCCCCCC(C)OCC1CCC(OS(=O)(=O)OC)O1. The molecule has 7 heteroatoms. The largest absolute Gasteiger partial charge is 0.402 e. The van der Waals surface area contributed by atoms with Gasteiger partial charge in [0.15, 0.2) is 6.29 Å². The van der Waals surface area contributed by atoms with Gasteiger partial charge in [-0.05, 0) is 19.8 Å². The van der Waals surface area contributed by atoms with Gasteiger partial charge in [0, 0.05) is 6.42 Å². The first kappa shape index (κ1) is 26.8. The van der Waals surface area contributed by atoms with Crippen molar-refractivity contribution in [1.29, 1.82) is 0 Å². The van der Waals surface area contributed by atoms with E-state index >= 15 is 0 Å². The smallest absolute Gasteiger partial charge is 0.376 e. The van der Waals surface area contributed by atoms with Gasteiger partial charge in [0.1, 0.15) is 0 Å². The number of rotatable bonds is 19. The topological polar surface area (TPSA) is 71.1 Å². The van der Waals surface area contributed by atoms with Gasteiger partial charge in [-0.2, -0.15) is 8.42 Å². The van der Waals surface area contributed by atoms with E-state index in [1.807, 2.05) is 0 Å². The van der Waals surface area contributed by atoms with Crippen molar-refractivity contribution in [2.45, 2.75) is 129 Å². The van der Waals surface area contributed by atoms with E-state index in [2.05, 4.69) is 18.0 Å². The summed E-state index contributed by atoms with van der Waals surface area (Å²) >= 11 is 0. The molecule has 1 aliphatic rings. The van der Waals surface area contributed by atoms with Crippen molar-refractivity contribution < 1.29 is 26.3 Å². The summed E-state index contributed by atoms with van der Waals surface area (Å²) in [6.07, 6.45) is 17.9. The Morgan fingerprint density at radius 3 is 2.00 bits per heavy atom. The van der Waals surface area contributed by atoms with Crippen molar-refractivity contribution >= 4 is 10.4 Å². The Hall–Kier alpha value is -0.210. The van der Waals surface area contributed by atoms with Crippen LogP contribution in [0.15, 0.2) is 0 Å². The average Bonchev–Trinajstić information content (AvgIpc) is 3.14. The number of unbranched alkanes of at least 4 members (excludes halogenated alkanes) is 11. The molecular weight excluding hydrogens is 392 g/mol. The Labute approximate surface area is 179 Å². The fraction of sp³-hybridized carbons (Fsp3) is 1.00. The number of ether oxygens (including phenoxy) is 2. The molecule has 0 radical (unpaired) electrons. The van der Waals surface area contributed by atoms with Crippen molar-refractivity contribution in [2.24, 2.45) is 0 Å². The first-order chi connectivity index (χ1) is 14.0. The Morgan fingerprint density at radius 1 is 0.897 bits per heavy atom. The highest BCUT2D eigenvalue weighted by Gasteiger charge is 2.30. The van der Waals surface area contributed by atoms with Crippen molar-refractivity contribution in [2.75, 3.05) is 13.7 Å². The Bertz CT molecular complexity index is 482. The maximum absolute atomic E-state index is 11.3. The molecule has 0 aromatic rings. The van der Waals surface area contributed by atoms with Gasteiger partial charge in [0.25, 0.3) is 0 Å². The van der Waals surface area contributed by atoms with Crippen LogP contribution in [0.1, 0.15) is 110 Å². The Balaban J connectivity index is 1.90. The molecule has 3 unspecified atom stereocenters. The predicted molar refractivity (Wildman–Crippen MR) is 116 cm³/mol. The van der Waals surface area contributed by atoms with Crippen LogP contribution in [0.2, 0.25) is 0 Å². The fourth-order valence-corrected chi connectivity index (χ4v) is 4.15. The van der Waals surface area contributed by atoms with Crippen LogP contribution in [-0.4, -0.2) is 40.6 Å². The lowest BCUT2D eigenvalue weighted by atomic mass is 10.0. The highest BCUT2D eigenvalue weighted by Crippen LogP contribution is 2.23. The van der Waals surface area contributed by atoms with E-state index in [1.165, 1.54) is 77.0 Å². The molecule has 0 aromatic carbocycles. The van der Waals surface area contributed by atoms with Crippen LogP contribution >= 0.6 is 0 Å². The minimum absolute atomic E-state index is 0.114. The highest BCUT2D eigenvalue weighted by molar-refractivity contribution is 7.81. The molecule has 0 aromatic heterocycles. The van der Waals surface area contributed by atoms with E-state index in [1.54, 1.807) is 0 Å². The third kappa shape index (κ3) is 14.4. The van der Waals surface area contributed by atoms with Gasteiger partial charge in [0.05, 0.1) is 25.9 Å². The molecule has 0 N–H and O–H groups in total. The third-order valence-electron chi connectivity index (χ3n) is 5.53. The molecular formula is C22H44O6S. The zero-order valence-corrected chi connectivity index (χ0v) is 19.7. The average molecular weight is 437 g/mol. The molecule has 3 atom stereocenters. The standard InChI is InChI=1S/C22H44O6S/c1-4-5-6-7-8-9-10-11-12-13-14-15-16-20(2)26-19-21-17-18-22(27-21)28-29(23,24)25-3/h20-22H,4-19H2,1-3H3. The van der Waals surface area contributed by atoms with Crippen LogP contribution in [0.3, 0.4) is 0 Å². The molecule has 1 heterocycles. The molecule has 1 fully saturated rings. The molecule has 0 saturated carbocycles. The highest BCUT2D eigenvalue weighted by atomic mass is 32.3. The van der Waals surface area contributed by atoms with Crippen LogP contribution in [0, 0.1) is 0 Å². The van der Waals surface area contributed by atoms with E-state index in [0.717, 1.165) is 20.0 Å². The lowest BCUT2D eigenvalue weighted by Gasteiger charge is -2.17. The molecule has 6 nitrogen and oxygen atoms in total. The van der Waals surface area contributed by atoms with Crippen LogP contribution in [0.25, 0.3) is 0 Å².